The van der Waals surface area contributed by atoms with Crippen LogP contribution in [0.3, 0.4) is 0 Å². The minimum absolute atomic E-state index is 0. The van der Waals surface area contributed by atoms with Crippen LogP contribution in [0.2, 0.25) is 0 Å². The van der Waals surface area contributed by atoms with Gasteiger partial charge in [-0.15, -0.1) is 0 Å². The van der Waals surface area contributed by atoms with Crippen LogP contribution in [0.25, 0.3) is 0 Å². The topological polar surface area (TPSA) is 94.8 Å². The third kappa shape index (κ3) is 256. The van der Waals surface area contributed by atoms with E-state index in [0.717, 1.165) is 17.4 Å². The molecule has 0 aliphatic heterocycles. The van der Waals surface area contributed by atoms with Crippen molar-refractivity contribution in [2.75, 3.05) is 0 Å². The molecule has 3 N–H and O–H groups in total. The Bertz CT molecular complexity index is 77.5. The SMILES string of the molecule is F.O=P(O)(O)O.[H-].[Na+].[O]=[V]. The van der Waals surface area contributed by atoms with Crippen LogP contribution in [0.15, 0.2) is 0 Å². The van der Waals surface area contributed by atoms with Gasteiger partial charge in [0.1, 0.15) is 0 Å². The Kier molecular flexibility index (Phi) is 30.2. The van der Waals surface area contributed by atoms with E-state index in [2.05, 4.69) is 0 Å². The Morgan fingerprint density at radius 2 is 1.22 bits per heavy atom. The normalized spacial score (nSPS) is 6.89. The van der Waals surface area contributed by atoms with Crippen LogP contribution in [0.5, 0.6) is 0 Å². The fourth-order valence-corrected chi connectivity index (χ4v) is 0. The Hall–Kier alpha value is 1.42. The maximum absolute atomic E-state index is 8.88. The Balaban J connectivity index is -0.0000000154. The van der Waals surface area contributed by atoms with Crippen molar-refractivity contribution in [1.29, 1.82) is 0 Å². The summed E-state index contributed by atoms with van der Waals surface area (Å²) >= 11 is 1.06. The van der Waals surface area contributed by atoms with Gasteiger partial charge in [-0.1, -0.05) is 0 Å². The van der Waals surface area contributed by atoms with Gasteiger partial charge in [0.25, 0.3) is 0 Å². The molecule has 0 fully saturated rings. The molecule has 9 heteroatoms. The van der Waals surface area contributed by atoms with Crippen LogP contribution in [0.4, 0.5) is 4.70 Å². The predicted octanol–water partition coefficient (Wildman–Crippen LogP) is -3.78. The molecule has 0 aromatic heterocycles. The summed E-state index contributed by atoms with van der Waals surface area (Å²) in [6, 6.07) is 0. The first-order valence-corrected chi connectivity index (χ1v) is 3.10. The van der Waals surface area contributed by atoms with Gasteiger partial charge in [0, 0.05) is 0 Å². The van der Waals surface area contributed by atoms with Gasteiger partial charge in [0.05, 0.1) is 0 Å². The molecule has 0 aromatic carbocycles. The van der Waals surface area contributed by atoms with Crippen LogP contribution in [-0.2, 0) is 25.6 Å². The molecule has 0 amide bonds. The van der Waals surface area contributed by atoms with Gasteiger partial charge >= 0.3 is 58.4 Å². The van der Waals surface area contributed by atoms with Gasteiger partial charge in [0.15, 0.2) is 0 Å². The molecule has 0 aliphatic rings. The summed E-state index contributed by atoms with van der Waals surface area (Å²) in [5, 5.41) is 0. The molecule has 9 heavy (non-hydrogen) atoms. The zero-order valence-electron chi connectivity index (χ0n) is 5.46. The third-order valence-corrected chi connectivity index (χ3v) is 0. The van der Waals surface area contributed by atoms with Crippen LogP contribution < -0.4 is 29.6 Å². The Morgan fingerprint density at radius 3 is 1.22 bits per heavy atom. The molecule has 0 rings (SSSR count). The first-order chi connectivity index (χ1) is 3.00. The van der Waals surface area contributed by atoms with Crippen LogP contribution in [0, 0.1) is 0 Å². The van der Waals surface area contributed by atoms with Crippen molar-refractivity contribution >= 4 is 7.82 Å². The average molecular weight is 209 g/mol. The number of hydrogen-bond donors (Lipinski definition) is 3. The fraction of sp³-hybridized carbons (Fsp3) is 0. The van der Waals surface area contributed by atoms with Crippen molar-refractivity contribution in [3.8, 4) is 0 Å². The number of hydrogen-bond acceptors (Lipinski definition) is 2. The number of phosphoric acid groups is 1. The van der Waals surface area contributed by atoms with E-state index in [1.165, 1.54) is 0 Å². The van der Waals surface area contributed by atoms with E-state index in [9.17, 15) is 0 Å². The van der Waals surface area contributed by atoms with E-state index in [1.54, 1.807) is 0 Å². The molecule has 0 atom stereocenters. The number of rotatable bonds is 0. The zero-order valence-corrected chi connectivity index (χ0v) is 8.75. The summed E-state index contributed by atoms with van der Waals surface area (Å²) in [5.41, 5.74) is 0. The number of halogens is 1. The van der Waals surface area contributed by atoms with E-state index in [0.29, 0.717) is 0 Å². The fourth-order valence-electron chi connectivity index (χ4n) is 0. The molecule has 0 aliphatic carbocycles. The Labute approximate surface area is 83.4 Å². The Morgan fingerprint density at radius 1 is 1.22 bits per heavy atom. The molecule has 0 unspecified atom stereocenters. The maximum atomic E-state index is 8.88. The van der Waals surface area contributed by atoms with E-state index < -0.39 is 7.82 Å². The average Bonchev–Trinajstić information content (AvgIpc) is 1.36. The molecular formula is H5FNaO5PV. The van der Waals surface area contributed by atoms with Gasteiger partial charge in [-0.25, -0.2) is 4.57 Å². The van der Waals surface area contributed by atoms with Crippen molar-refractivity contribution in [2.24, 2.45) is 0 Å². The summed E-state index contributed by atoms with van der Waals surface area (Å²) in [6.07, 6.45) is 0. The predicted molar refractivity (Wildman–Crippen MR) is 18.6 cm³/mol. The molecular weight excluding hydrogens is 204 g/mol. The van der Waals surface area contributed by atoms with Gasteiger partial charge in [0.2, 0.25) is 0 Å². The van der Waals surface area contributed by atoms with Crippen molar-refractivity contribution < 1.29 is 76.0 Å². The van der Waals surface area contributed by atoms with E-state index in [4.69, 9.17) is 22.9 Å². The molecule has 53 valence electrons. The minimum atomic E-state index is -4.64. The van der Waals surface area contributed by atoms with E-state index in [1.807, 2.05) is 0 Å². The second-order valence-electron chi connectivity index (χ2n) is 0.513. The molecule has 0 aromatic rings. The third-order valence-electron chi connectivity index (χ3n) is 0. The van der Waals surface area contributed by atoms with Crippen molar-refractivity contribution in [3.63, 3.8) is 0 Å². The van der Waals surface area contributed by atoms with Crippen molar-refractivity contribution in [1.82, 2.24) is 0 Å². The van der Waals surface area contributed by atoms with E-state index in [-0.39, 0.29) is 35.7 Å². The summed E-state index contributed by atoms with van der Waals surface area (Å²) in [5.74, 6) is 0. The van der Waals surface area contributed by atoms with Crippen LogP contribution >= 0.6 is 7.82 Å². The summed E-state index contributed by atoms with van der Waals surface area (Å²) in [6.45, 7) is 0. The van der Waals surface area contributed by atoms with Gasteiger partial charge < -0.3 is 16.1 Å². The molecule has 0 radical (unpaired) electrons. The molecule has 0 saturated carbocycles. The van der Waals surface area contributed by atoms with Gasteiger partial charge in [-0.05, 0) is 0 Å². The molecule has 5 nitrogen and oxygen atoms in total. The molecule has 0 spiro atoms. The monoisotopic (exact) mass is 209 g/mol. The van der Waals surface area contributed by atoms with Gasteiger partial charge in [-0.3, -0.25) is 4.70 Å². The zero-order chi connectivity index (χ0) is 6.50. The quantitative estimate of drug-likeness (QED) is 0.281. The summed E-state index contributed by atoms with van der Waals surface area (Å²) < 4.78 is 17.1. The van der Waals surface area contributed by atoms with Crippen LogP contribution in [0.1, 0.15) is 1.43 Å². The van der Waals surface area contributed by atoms with Crippen molar-refractivity contribution in [3.05, 3.63) is 0 Å². The molecule has 0 bridgehead atoms. The van der Waals surface area contributed by atoms with Gasteiger partial charge in [-0.2, -0.15) is 0 Å². The second-order valence-corrected chi connectivity index (χ2v) is 1.54. The molecule has 0 heterocycles. The second kappa shape index (κ2) is 12.1. The summed E-state index contributed by atoms with van der Waals surface area (Å²) in [7, 11) is -4.64. The first kappa shape index (κ1) is 22.4. The standard InChI is InChI=1S/FH.Na.H3O4P.O.V.H/c;;1-5(2,3)4;;;/h1H;;(H3,1,2,3,4);;;/q;+1;;;;-1. The summed E-state index contributed by atoms with van der Waals surface area (Å²) in [4.78, 5) is 21.6. The van der Waals surface area contributed by atoms with E-state index >= 15 is 0 Å². The first-order valence-electron chi connectivity index (χ1n) is 0.965. The van der Waals surface area contributed by atoms with Crippen molar-refractivity contribution in [2.45, 2.75) is 0 Å². The van der Waals surface area contributed by atoms with Crippen LogP contribution in [-0.4, -0.2) is 14.7 Å². The molecule has 0 saturated heterocycles.